The van der Waals surface area contributed by atoms with Crippen molar-refractivity contribution in [3.63, 3.8) is 0 Å². The normalized spacial score (nSPS) is 26.8. The first kappa shape index (κ1) is 14.8. The van der Waals surface area contributed by atoms with Crippen molar-refractivity contribution >= 4 is 0 Å². The molecule has 0 radical (unpaired) electrons. The summed E-state index contributed by atoms with van der Waals surface area (Å²) in [6.45, 7) is 0. The number of alkyl halides is 2. The van der Waals surface area contributed by atoms with Crippen LogP contribution in [0.2, 0.25) is 0 Å². The average molecular weight is 318 g/mol. The van der Waals surface area contributed by atoms with Gasteiger partial charge < -0.3 is 9.67 Å². The standard InChI is InChI=1S/C18H20F2N2O/c19-18(20,12-5-7-13(23)8-6-12)9-16-14-3-1-2-4-15(14)17-10-21-11-22(16)17/h1-4,10-13,16,23H,5-9H2. The topological polar surface area (TPSA) is 38.1 Å². The third-order valence-corrected chi connectivity index (χ3v) is 5.36. The molecule has 1 aromatic carbocycles. The van der Waals surface area contributed by atoms with Crippen LogP contribution in [0.5, 0.6) is 0 Å². The molecule has 1 unspecified atom stereocenters. The predicted molar refractivity (Wildman–Crippen MR) is 83.3 cm³/mol. The van der Waals surface area contributed by atoms with Crippen LogP contribution >= 0.6 is 0 Å². The number of fused-ring (bicyclic) bond motifs is 3. The van der Waals surface area contributed by atoms with Crippen molar-refractivity contribution in [3.8, 4) is 11.3 Å². The summed E-state index contributed by atoms with van der Waals surface area (Å²) < 4.78 is 31.6. The van der Waals surface area contributed by atoms with Gasteiger partial charge in [-0.15, -0.1) is 0 Å². The van der Waals surface area contributed by atoms with Gasteiger partial charge in [-0.1, -0.05) is 24.3 Å². The van der Waals surface area contributed by atoms with Crippen LogP contribution in [0.1, 0.15) is 43.7 Å². The molecule has 5 heteroatoms. The quantitative estimate of drug-likeness (QED) is 0.928. The second-order valence-corrected chi connectivity index (χ2v) is 6.76. The van der Waals surface area contributed by atoms with Crippen molar-refractivity contribution in [2.24, 2.45) is 5.92 Å². The van der Waals surface area contributed by atoms with Crippen LogP contribution in [0.3, 0.4) is 0 Å². The van der Waals surface area contributed by atoms with Gasteiger partial charge >= 0.3 is 0 Å². The largest absolute Gasteiger partial charge is 0.393 e. The van der Waals surface area contributed by atoms with Crippen molar-refractivity contribution in [3.05, 3.63) is 42.4 Å². The molecule has 0 saturated heterocycles. The van der Waals surface area contributed by atoms with Crippen LogP contribution < -0.4 is 0 Å². The van der Waals surface area contributed by atoms with Crippen LogP contribution in [0, 0.1) is 5.92 Å². The van der Waals surface area contributed by atoms with Crippen molar-refractivity contribution < 1.29 is 13.9 Å². The predicted octanol–water partition coefficient (Wildman–Crippen LogP) is 4.03. The summed E-state index contributed by atoms with van der Waals surface area (Å²) in [5.41, 5.74) is 2.88. The Hall–Kier alpha value is -1.75. The SMILES string of the molecule is OC1CCC(C(F)(F)CC2c3ccccc3-c3cncn32)CC1. The van der Waals surface area contributed by atoms with Crippen molar-refractivity contribution in [1.29, 1.82) is 0 Å². The fraction of sp³-hybridized carbons (Fsp3) is 0.500. The number of hydrogen-bond acceptors (Lipinski definition) is 2. The number of aliphatic hydroxyl groups excluding tert-OH is 1. The first-order chi connectivity index (χ1) is 11.1. The van der Waals surface area contributed by atoms with Crippen molar-refractivity contribution in [2.45, 2.75) is 50.2 Å². The van der Waals surface area contributed by atoms with Gasteiger partial charge in [0.25, 0.3) is 5.92 Å². The van der Waals surface area contributed by atoms with Crippen LogP contribution in [0.15, 0.2) is 36.8 Å². The lowest BCUT2D eigenvalue weighted by molar-refractivity contribution is -0.0928. The Morgan fingerprint density at radius 1 is 1.17 bits per heavy atom. The summed E-state index contributed by atoms with van der Waals surface area (Å²) in [5, 5.41) is 9.55. The van der Waals surface area contributed by atoms with Crippen LogP contribution in [-0.4, -0.2) is 26.7 Å². The maximum atomic E-state index is 14.9. The molecule has 1 N–H and O–H groups in total. The number of nitrogens with zero attached hydrogens (tertiary/aromatic N) is 2. The molecule has 1 fully saturated rings. The van der Waals surface area contributed by atoms with Crippen LogP contribution in [0.25, 0.3) is 11.3 Å². The number of halogens is 2. The summed E-state index contributed by atoms with van der Waals surface area (Å²) in [6, 6.07) is 7.39. The van der Waals surface area contributed by atoms with E-state index in [2.05, 4.69) is 4.98 Å². The Balaban J connectivity index is 1.61. The van der Waals surface area contributed by atoms with E-state index >= 15 is 0 Å². The molecule has 2 aliphatic rings. The zero-order valence-electron chi connectivity index (χ0n) is 12.8. The zero-order valence-corrected chi connectivity index (χ0v) is 12.8. The number of hydrogen-bond donors (Lipinski definition) is 1. The number of imidazole rings is 1. The van der Waals surface area contributed by atoms with Gasteiger partial charge in [-0.3, -0.25) is 0 Å². The number of aliphatic hydroxyl groups is 1. The highest BCUT2D eigenvalue weighted by molar-refractivity contribution is 5.68. The van der Waals surface area contributed by atoms with Gasteiger partial charge in [0.1, 0.15) is 0 Å². The highest BCUT2D eigenvalue weighted by Crippen LogP contribution is 2.47. The Morgan fingerprint density at radius 3 is 2.70 bits per heavy atom. The lowest BCUT2D eigenvalue weighted by atomic mass is 9.80. The molecule has 4 rings (SSSR count). The molecule has 2 heterocycles. The van der Waals surface area contributed by atoms with Crippen LogP contribution in [0.4, 0.5) is 8.78 Å². The second-order valence-electron chi connectivity index (χ2n) is 6.76. The van der Waals surface area contributed by atoms with Gasteiger partial charge in [0.2, 0.25) is 0 Å². The maximum absolute atomic E-state index is 14.9. The van der Waals surface area contributed by atoms with Crippen molar-refractivity contribution in [1.82, 2.24) is 9.55 Å². The number of rotatable bonds is 3. The Kier molecular flexibility index (Phi) is 3.48. The monoisotopic (exact) mass is 318 g/mol. The van der Waals surface area contributed by atoms with E-state index in [0.29, 0.717) is 25.7 Å². The van der Waals surface area contributed by atoms with E-state index in [4.69, 9.17) is 0 Å². The molecule has 2 aromatic rings. The van der Waals surface area contributed by atoms with E-state index in [9.17, 15) is 13.9 Å². The summed E-state index contributed by atoms with van der Waals surface area (Å²) in [7, 11) is 0. The third kappa shape index (κ3) is 2.47. The van der Waals surface area contributed by atoms with E-state index in [1.165, 1.54) is 0 Å². The number of benzene rings is 1. The maximum Gasteiger partial charge on any atom is 0.253 e. The Bertz CT molecular complexity index is 705. The van der Waals surface area contributed by atoms with Gasteiger partial charge in [-0.2, -0.15) is 0 Å². The molecule has 1 aliphatic carbocycles. The highest BCUT2D eigenvalue weighted by Gasteiger charge is 2.45. The molecule has 1 aromatic heterocycles. The smallest absolute Gasteiger partial charge is 0.253 e. The summed E-state index contributed by atoms with van der Waals surface area (Å²) in [4.78, 5) is 4.13. The van der Waals surface area contributed by atoms with Gasteiger partial charge in [-0.25, -0.2) is 13.8 Å². The van der Waals surface area contributed by atoms with Gasteiger partial charge in [-0.05, 0) is 31.2 Å². The average Bonchev–Trinajstić information content (AvgIpc) is 3.11. The lowest BCUT2D eigenvalue weighted by Gasteiger charge is -2.33. The summed E-state index contributed by atoms with van der Waals surface area (Å²) in [6.07, 6.45) is 4.56. The molecule has 1 aliphatic heterocycles. The lowest BCUT2D eigenvalue weighted by Crippen LogP contribution is -2.35. The Morgan fingerprint density at radius 2 is 1.91 bits per heavy atom. The van der Waals surface area contributed by atoms with E-state index < -0.39 is 17.9 Å². The molecule has 23 heavy (non-hydrogen) atoms. The summed E-state index contributed by atoms with van der Waals surface area (Å²) in [5.74, 6) is -3.37. The third-order valence-electron chi connectivity index (χ3n) is 5.36. The minimum Gasteiger partial charge on any atom is -0.393 e. The number of aromatic nitrogens is 2. The molecule has 0 spiro atoms. The summed E-state index contributed by atoms with van der Waals surface area (Å²) >= 11 is 0. The van der Waals surface area contributed by atoms with E-state index in [1.807, 2.05) is 28.8 Å². The highest BCUT2D eigenvalue weighted by atomic mass is 19.3. The first-order valence-electron chi connectivity index (χ1n) is 8.23. The van der Waals surface area contributed by atoms with Gasteiger partial charge in [0.15, 0.2) is 0 Å². The molecule has 1 saturated carbocycles. The molecular formula is C18H20F2N2O. The minimum atomic E-state index is -2.73. The molecular weight excluding hydrogens is 298 g/mol. The molecule has 1 atom stereocenters. The van der Waals surface area contributed by atoms with E-state index in [0.717, 1.165) is 16.8 Å². The molecule has 0 amide bonds. The van der Waals surface area contributed by atoms with E-state index in [1.54, 1.807) is 12.5 Å². The molecule has 122 valence electrons. The van der Waals surface area contributed by atoms with Crippen molar-refractivity contribution in [2.75, 3.05) is 0 Å². The van der Waals surface area contributed by atoms with Gasteiger partial charge in [0.05, 0.1) is 30.4 Å². The van der Waals surface area contributed by atoms with E-state index in [-0.39, 0.29) is 12.5 Å². The second kappa shape index (κ2) is 5.41. The van der Waals surface area contributed by atoms with Gasteiger partial charge in [0, 0.05) is 17.9 Å². The van der Waals surface area contributed by atoms with Crippen LogP contribution in [-0.2, 0) is 0 Å². The Labute approximate surface area is 134 Å². The molecule has 0 bridgehead atoms. The first-order valence-corrected chi connectivity index (χ1v) is 8.23. The fourth-order valence-electron chi connectivity index (χ4n) is 4.06. The zero-order chi connectivity index (χ0) is 16.0. The fourth-order valence-corrected chi connectivity index (χ4v) is 4.06. The minimum absolute atomic E-state index is 0.200. The molecule has 3 nitrogen and oxygen atoms in total.